The summed E-state index contributed by atoms with van der Waals surface area (Å²) in [7, 11) is 0. The monoisotopic (exact) mass is 425 g/mol. The molecule has 0 aromatic carbocycles. The lowest BCUT2D eigenvalue weighted by Gasteiger charge is -2.46. The van der Waals surface area contributed by atoms with Crippen molar-refractivity contribution < 1.29 is 59.5 Å². The molecule has 2 aliphatic heterocycles. The molecule has 0 saturated carbocycles. The maximum Gasteiger partial charge on any atom is 0.407 e. The van der Waals surface area contributed by atoms with Gasteiger partial charge in [-0.2, -0.15) is 0 Å². The van der Waals surface area contributed by atoms with E-state index in [9.17, 15) is 40.5 Å². The molecule has 0 aliphatic carbocycles. The summed E-state index contributed by atoms with van der Waals surface area (Å²) < 4.78 is 20.5. The van der Waals surface area contributed by atoms with E-state index < -0.39 is 80.7 Å². The van der Waals surface area contributed by atoms with Crippen molar-refractivity contribution in [1.29, 1.82) is 0 Å². The molecule has 2 fully saturated rings. The molecule has 0 unspecified atom stereocenters. The lowest BCUT2D eigenvalue weighted by molar-refractivity contribution is -0.345. The number of aliphatic hydroxyl groups is 7. The van der Waals surface area contributed by atoms with Crippen LogP contribution in [0.15, 0.2) is 12.7 Å². The van der Waals surface area contributed by atoms with Gasteiger partial charge in [0.05, 0.1) is 13.2 Å². The molecule has 0 radical (unpaired) electrons. The van der Waals surface area contributed by atoms with Crippen molar-refractivity contribution in [2.45, 2.75) is 61.3 Å². The summed E-state index contributed by atoms with van der Waals surface area (Å²) in [6.07, 6.45) is -13.8. The van der Waals surface area contributed by atoms with Crippen molar-refractivity contribution in [2.24, 2.45) is 0 Å². The van der Waals surface area contributed by atoms with Crippen LogP contribution in [0.2, 0.25) is 0 Å². The number of nitrogens with one attached hydrogen (secondary N) is 1. The molecule has 0 spiro atoms. The average Bonchev–Trinajstić information content (AvgIpc) is 2.71. The standard InChI is InChI=1S/C16H27NO12/c1-2-3-26-16(25)17-8-10(21)13(7(5-19)27-14(8)24)29-15-12(23)11(22)9(20)6(4-18)28-15/h2,6-15,18-24H,1,3-5H2,(H,17,25)/t6-,7-,8-,9-,10+,11-,12+,13+,14+,15-/m0/s1. The summed E-state index contributed by atoms with van der Waals surface area (Å²) in [6, 6.07) is -1.44. The molecule has 29 heavy (non-hydrogen) atoms. The van der Waals surface area contributed by atoms with Crippen LogP contribution < -0.4 is 5.32 Å². The van der Waals surface area contributed by atoms with Crippen molar-refractivity contribution in [2.75, 3.05) is 19.8 Å². The number of hydrogen-bond donors (Lipinski definition) is 8. The molecule has 168 valence electrons. The van der Waals surface area contributed by atoms with Crippen LogP contribution in [0.25, 0.3) is 0 Å². The van der Waals surface area contributed by atoms with E-state index in [2.05, 4.69) is 11.9 Å². The Balaban J connectivity index is 2.13. The van der Waals surface area contributed by atoms with Crippen molar-refractivity contribution in [3.05, 3.63) is 12.7 Å². The van der Waals surface area contributed by atoms with Gasteiger partial charge in [-0.25, -0.2) is 4.79 Å². The Hall–Kier alpha value is -1.39. The quantitative estimate of drug-likeness (QED) is 0.182. The molecule has 1 amide bonds. The van der Waals surface area contributed by atoms with Gasteiger partial charge in [0.1, 0.15) is 55.4 Å². The molecule has 0 aromatic heterocycles. The first-order valence-electron chi connectivity index (χ1n) is 8.87. The van der Waals surface area contributed by atoms with Crippen LogP contribution in [-0.4, -0.2) is 123 Å². The lowest BCUT2D eigenvalue weighted by atomic mass is 9.95. The Labute approximate surface area is 165 Å². The second-order valence-corrected chi connectivity index (χ2v) is 6.59. The highest BCUT2D eigenvalue weighted by Gasteiger charge is 2.50. The predicted molar refractivity (Wildman–Crippen MR) is 91.1 cm³/mol. The van der Waals surface area contributed by atoms with Crippen LogP contribution in [0.5, 0.6) is 0 Å². The van der Waals surface area contributed by atoms with Crippen molar-refractivity contribution in [3.63, 3.8) is 0 Å². The van der Waals surface area contributed by atoms with Gasteiger partial charge >= 0.3 is 6.09 Å². The molecular formula is C16H27NO12. The second-order valence-electron chi connectivity index (χ2n) is 6.59. The number of aliphatic hydroxyl groups excluding tert-OH is 7. The van der Waals surface area contributed by atoms with Crippen LogP contribution >= 0.6 is 0 Å². The molecule has 0 aromatic rings. The van der Waals surface area contributed by atoms with Crippen LogP contribution in [0, 0.1) is 0 Å². The maximum atomic E-state index is 11.7. The molecule has 2 saturated heterocycles. The molecule has 13 nitrogen and oxygen atoms in total. The zero-order valence-corrected chi connectivity index (χ0v) is 15.4. The molecule has 8 N–H and O–H groups in total. The Morgan fingerprint density at radius 3 is 2.21 bits per heavy atom. The van der Waals surface area contributed by atoms with Crippen molar-refractivity contribution in [1.82, 2.24) is 5.32 Å². The summed E-state index contributed by atoms with van der Waals surface area (Å²) in [6.45, 7) is 1.82. The van der Waals surface area contributed by atoms with E-state index >= 15 is 0 Å². The van der Waals surface area contributed by atoms with E-state index in [0.717, 1.165) is 0 Å². The van der Waals surface area contributed by atoms with Gasteiger partial charge in [0.2, 0.25) is 0 Å². The van der Waals surface area contributed by atoms with E-state index in [-0.39, 0.29) is 6.61 Å². The average molecular weight is 425 g/mol. The maximum absolute atomic E-state index is 11.7. The molecule has 0 bridgehead atoms. The largest absolute Gasteiger partial charge is 0.445 e. The number of rotatable bonds is 7. The van der Waals surface area contributed by atoms with Gasteiger partial charge in [-0.15, -0.1) is 0 Å². The van der Waals surface area contributed by atoms with E-state index in [1.807, 2.05) is 0 Å². The molecule has 2 heterocycles. The fraction of sp³-hybridized carbons (Fsp3) is 0.812. The lowest BCUT2D eigenvalue weighted by Crippen LogP contribution is -2.67. The third kappa shape index (κ3) is 5.40. The molecule has 2 aliphatic rings. The predicted octanol–water partition coefficient (Wildman–Crippen LogP) is -4.48. The number of carbonyl (C=O) groups is 1. The minimum atomic E-state index is -1.77. The zero-order valence-electron chi connectivity index (χ0n) is 15.4. The third-order valence-electron chi connectivity index (χ3n) is 4.63. The van der Waals surface area contributed by atoms with Crippen LogP contribution in [0.4, 0.5) is 4.79 Å². The number of ether oxygens (including phenoxy) is 4. The van der Waals surface area contributed by atoms with Gasteiger partial charge in [0.15, 0.2) is 12.6 Å². The third-order valence-corrected chi connectivity index (χ3v) is 4.63. The Kier molecular flexibility index (Phi) is 8.72. The fourth-order valence-electron chi connectivity index (χ4n) is 3.05. The first kappa shape index (κ1) is 23.9. The SMILES string of the molecule is C=CCOC(=O)N[C@H]1[C@@H](O)[C@H](O[C@@H]2O[C@@H](CO)[C@H](O)[C@H](O)[C@H]2O)[C@H](CO)O[C@H]1O. The van der Waals surface area contributed by atoms with E-state index in [1.54, 1.807) is 0 Å². The number of hydrogen-bond acceptors (Lipinski definition) is 12. The van der Waals surface area contributed by atoms with Crippen LogP contribution in [-0.2, 0) is 18.9 Å². The van der Waals surface area contributed by atoms with Gasteiger partial charge in [-0.3, -0.25) is 0 Å². The minimum absolute atomic E-state index is 0.129. The highest BCUT2D eigenvalue weighted by atomic mass is 16.7. The van der Waals surface area contributed by atoms with E-state index in [1.165, 1.54) is 6.08 Å². The van der Waals surface area contributed by atoms with Gasteiger partial charge < -0.3 is 60.0 Å². The first-order valence-corrected chi connectivity index (χ1v) is 8.87. The van der Waals surface area contributed by atoms with Crippen molar-refractivity contribution >= 4 is 6.09 Å². The first-order chi connectivity index (χ1) is 13.7. The molecule has 10 atom stereocenters. The number of carbonyl (C=O) groups excluding carboxylic acids is 1. The van der Waals surface area contributed by atoms with Crippen LogP contribution in [0.3, 0.4) is 0 Å². The summed E-state index contributed by atoms with van der Waals surface area (Å²) in [4.78, 5) is 11.7. The van der Waals surface area contributed by atoms with Gasteiger partial charge in [-0.1, -0.05) is 12.7 Å². The van der Waals surface area contributed by atoms with Crippen LogP contribution in [0.1, 0.15) is 0 Å². The second kappa shape index (κ2) is 10.6. The summed E-state index contributed by atoms with van der Waals surface area (Å²) in [5.74, 6) is 0. The van der Waals surface area contributed by atoms with Gasteiger partial charge in [0, 0.05) is 0 Å². The highest BCUT2D eigenvalue weighted by molar-refractivity contribution is 5.67. The van der Waals surface area contributed by atoms with Gasteiger partial charge in [0.25, 0.3) is 0 Å². The van der Waals surface area contributed by atoms with Crippen molar-refractivity contribution in [3.8, 4) is 0 Å². The van der Waals surface area contributed by atoms with Gasteiger partial charge in [-0.05, 0) is 0 Å². The Morgan fingerprint density at radius 1 is 0.966 bits per heavy atom. The van der Waals surface area contributed by atoms with E-state index in [4.69, 9.17) is 18.9 Å². The molecule has 2 rings (SSSR count). The highest BCUT2D eigenvalue weighted by Crippen LogP contribution is 2.28. The zero-order chi connectivity index (χ0) is 21.7. The normalized spacial score (nSPS) is 42.9. The summed E-state index contributed by atoms with van der Waals surface area (Å²) in [5, 5.41) is 71.2. The summed E-state index contributed by atoms with van der Waals surface area (Å²) in [5.41, 5.74) is 0. The fourth-order valence-corrected chi connectivity index (χ4v) is 3.05. The topological polar surface area (TPSA) is 208 Å². The Morgan fingerprint density at radius 2 is 1.62 bits per heavy atom. The molecule has 13 heteroatoms. The molecular weight excluding hydrogens is 398 g/mol. The smallest absolute Gasteiger partial charge is 0.407 e. The minimum Gasteiger partial charge on any atom is -0.445 e. The Bertz CT molecular complexity index is 548. The number of alkyl carbamates (subject to hydrolysis) is 1. The number of amides is 1. The summed E-state index contributed by atoms with van der Waals surface area (Å²) >= 11 is 0. The van der Waals surface area contributed by atoms with E-state index in [0.29, 0.717) is 0 Å².